The summed E-state index contributed by atoms with van der Waals surface area (Å²) in [4.78, 5) is 18.3. The zero-order valence-electron chi connectivity index (χ0n) is 25.4. The van der Waals surface area contributed by atoms with Crippen molar-refractivity contribution in [3.8, 4) is 23.3 Å². The zero-order chi connectivity index (χ0) is 31.3. The SMILES string of the molecule is CC[C@H]1CN(c2nc(OC[C@@]34CCCN3C[C@H](F)C4)nc3c(F)c(-c4cccc5sc(N)c(C#N)c45)ncc23)CC(COC)N1. The van der Waals surface area contributed by atoms with Gasteiger partial charge < -0.3 is 25.4 Å². The van der Waals surface area contributed by atoms with Crippen LogP contribution in [0.5, 0.6) is 6.01 Å². The lowest BCUT2D eigenvalue weighted by Crippen LogP contribution is -2.58. The molecule has 3 saturated heterocycles. The van der Waals surface area contributed by atoms with Crippen LogP contribution in [0.25, 0.3) is 32.2 Å². The summed E-state index contributed by atoms with van der Waals surface area (Å²) >= 11 is 1.28. The number of nitrogens with zero attached hydrogens (tertiary/aromatic N) is 6. The van der Waals surface area contributed by atoms with E-state index in [2.05, 4.69) is 38.1 Å². The number of pyridine rings is 1. The second-order valence-electron chi connectivity index (χ2n) is 12.3. The molecule has 236 valence electrons. The molecule has 0 saturated carbocycles. The molecule has 0 bridgehead atoms. The van der Waals surface area contributed by atoms with E-state index in [1.54, 1.807) is 25.4 Å². The fourth-order valence-corrected chi connectivity index (χ4v) is 8.35. The minimum absolute atomic E-state index is 0.0390. The van der Waals surface area contributed by atoms with Crippen molar-refractivity contribution in [1.82, 2.24) is 25.2 Å². The van der Waals surface area contributed by atoms with Crippen molar-refractivity contribution in [2.45, 2.75) is 56.4 Å². The molecule has 10 nitrogen and oxygen atoms in total. The third-order valence-corrected chi connectivity index (χ3v) is 10.5. The molecule has 3 aliphatic rings. The maximum atomic E-state index is 16.8. The molecule has 4 aromatic rings. The van der Waals surface area contributed by atoms with E-state index < -0.39 is 17.5 Å². The molecule has 0 spiro atoms. The van der Waals surface area contributed by atoms with E-state index in [4.69, 9.17) is 20.2 Å². The van der Waals surface area contributed by atoms with E-state index >= 15 is 4.39 Å². The van der Waals surface area contributed by atoms with Gasteiger partial charge in [-0.25, -0.2) is 8.78 Å². The van der Waals surface area contributed by atoms with Gasteiger partial charge in [-0.1, -0.05) is 19.1 Å². The maximum Gasteiger partial charge on any atom is 0.319 e. The number of benzene rings is 1. The van der Waals surface area contributed by atoms with E-state index in [0.717, 1.165) is 30.5 Å². The Morgan fingerprint density at radius 2 is 2.09 bits per heavy atom. The van der Waals surface area contributed by atoms with Gasteiger partial charge in [-0.2, -0.15) is 15.2 Å². The number of fused-ring (bicyclic) bond motifs is 3. The first-order valence-corrected chi connectivity index (χ1v) is 16.2. The van der Waals surface area contributed by atoms with Gasteiger partial charge in [0.1, 0.15) is 40.9 Å². The predicted octanol–water partition coefficient (Wildman–Crippen LogP) is 4.66. The highest BCUT2D eigenvalue weighted by Gasteiger charge is 2.49. The Kier molecular flexibility index (Phi) is 7.93. The molecule has 3 N–H and O–H groups in total. The number of hydrogen-bond donors (Lipinski definition) is 2. The number of alkyl halides is 1. The highest BCUT2D eigenvalue weighted by Crippen LogP contribution is 2.42. The number of anilines is 2. The number of aromatic nitrogens is 3. The molecular formula is C32H36F2N8O2S. The van der Waals surface area contributed by atoms with Crippen molar-refractivity contribution in [1.29, 1.82) is 5.26 Å². The number of hydrogen-bond acceptors (Lipinski definition) is 11. The molecule has 0 radical (unpaired) electrons. The van der Waals surface area contributed by atoms with Gasteiger partial charge >= 0.3 is 6.01 Å². The number of nitrogens with two attached hydrogens (primary N) is 1. The fourth-order valence-electron chi connectivity index (χ4n) is 7.40. The van der Waals surface area contributed by atoms with Crippen LogP contribution in [0.2, 0.25) is 0 Å². The second-order valence-corrected chi connectivity index (χ2v) is 13.4. The van der Waals surface area contributed by atoms with Gasteiger partial charge in [0, 0.05) is 67.1 Å². The molecule has 13 heteroatoms. The smallest absolute Gasteiger partial charge is 0.319 e. The largest absolute Gasteiger partial charge is 0.461 e. The lowest BCUT2D eigenvalue weighted by Gasteiger charge is -2.39. The van der Waals surface area contributed by atoms with Crippen molar-refractivity contribution in [3.63, 3.8) is 0 Å². The molecule has 0 aliphatic carbocycles. The Balaban J connectivity index is 1.35. The van der Waals surface area contributed by atoms with Gasteiger partial charge in [-0.15, -0.1) is 11.3 Å². The van der Waals surface area contributed by atoms with Crippen molar-refractivity contribution >= 4 is 43.1 Å². The first-order valence-electron chi connectivity index (χ1n) is 15.4. The zero-order valence-corrected chi connectivity index (χ0v) is 26.2. The van der Waals surface area contributed by atoms with Gasteiger partial charge in [0.15, 0.2) is 5.82 Å². The average Bonchev–Trinajstić information content (AvgIpc) is 3.68. The number of methoxy groups -OCH3 is 1. The first-order chi connectivity index (χ1) is 21.8. The Morgan fingerprint density at radius 3 is 2.89 bits per heavy atom. The number of nitrogen functional groups attached to an aromatic ring is 1. The Morgan fingerprint density at radius 1 is 1.24 bits per heavy atom. The lowest BCUT2D eigenvalue weighted by molar-refractivity contribution is 0.107. The van der Waals surface area contributed by atoms with Crippen LogP contribution in [0, 0.1) is 17.1 Å². The lowest BCUT2D eigenvalue weighted by atomic mass is 9.95. The van der Waals surface area contributed by atoms with Crippen LogP contribution in [0.1, 0.15) is 38.2 Å². The minimum atomic E-state index is -0.898. The quantitative estimate of drug-likeness (QED) is 0.283. The summed E-state index contributed by atoms with van der Waals surface area (Å²) in [6.45, 7) is 5.31. The van der Waals surface area contributed by atoms with E-state index in [0.29, 0.717) is 65.4 Å². The topological polar surface area (TPSA) is 125 Å². The number of ether oxygens (including phenoxy) is 2. The maximum absolute atomic E-state index is 16.8. The molecule has 3 fully saturated rings. The van der Waals surface area contributed by atoms with Crippen molar-refractivity contribution in [3.05, 3.63) is 35.8 Å². The molecule has 6 heterocycles. The van der Waals surface area contributed by atoms with Gasteiger partial charge in [0.25, 0.3) is 0 Å². The van der Waals surface area contributed by atoms with Gasteiger partial charge in [0.05, 0.1) is 23.1 Å². The summed E-state index contributed by atoms with van der Waals surface area (Å²) in [7, 11) is 1.67. The highest BCUT2D eigenvalue weighted by molar-refractivity contribution is 7.23. The summed E-state index contributed by atoms with van der Waals surface area (Å²) in [6.07, 6.45) is 3.80. The molecule has 3 aromatic heterocycles. The summed E-state index contributed by atoms with van der Waals surface area (Å²) in [6, 6.07) is 7.82. The number of piperazine rings is 1. The van der Waals surface area contributed by atoms with Crippen molar-refractivity contribution in [2.24, 2.45) is 0 Å². The standard InChI is InChI=1S/C32H36F2N8O2S/c1-3-19-14-41(15-20(38-19)16-43-2)30-23-12-37-27(21-6-4-7-24-25(21)22(11-35)29(36)45-24)26(34)28(23)39-31(40-30)44-17-32-8-5-9-42(32)13-18(33)10-32/h4,6-7,12,18-20,38H,3,5,8-10,13-17,36H2,1-2H3/t18-,19+,20?,32+/m1/s1. The minimum Gasteiger partial charge on any atom is -0.461 e. The molecular weight excluding hydrogens is 598 g/mol. The Labute approximate surface area is 264 Å². The van der Waals surface area contributed by atoms with Crippen LogP contribution in [0.15, 0.2) is 24.4 Å². The highest BCUT2D eigenvalue weighted by atomic mass is 32.1. The van der Waals surface area contributed by atoms with E-state index in [1.165, 1.54) is 11.3 Å². The van der Waals surface area contributed by atoms with Crippen molar-refractivity contribution in [2.75, 3.05) is 57.1 Å². The van der Waals surface area contributed by atoms with Gasteiger partial charge in [-0.05, 0) is 31.9 Å². The molecule has 0 amide bonds. The monoisotopic (exact) mass is 634 g/mol. The number of halogens is 2. The molecule has 1 aromatic carbocycles. The fraction of sp³-hybridized carbons (Fsp3) is 0.500. The van der Waals surface area contributed by atoms with Gasteiger partial charge in [0.2, 0.25) is 0 Å². The van der Waals surface area contributed by atoms with Crippen LogP contribution in [0.4, 0.5) is 19.6 Å². The molecule has 7 rings (SSSR count). The van der Waals surface area contributed by atoms with Gasteiger partial charge in [-0.3, -0.25) is 9.88 Å². The van der Waals surface area contributed by atoms with E-state index in [1.807, 2.05) is 6.07 Å². The van der Waals surface area contributed by atoms with Crippen LogP contribution in [0.3, 0.4) is 0 Å². The summed E-state index contributed by atoms with van der Waals surface area (Å²) < 4.78 is 43.8. The van der Waals surface area contributed by atoms with Crippen molar-refractivity contribution < 1.29 is 18.3 Å². The normalized spacial score (nSPS) is 25.2. The summed E-state index contributed by atoms with van der Waals surface area (Å²) in [5.74, 6) is -0.108. The van der Waals surface area contributed by atoms with E-state index in [-0.39, 0.29) is 35.9 Å². The number of thiophene rings is 1. The molecule has 1 unspecified atom stereocenters. The number of nitriles is 1. The van der Waals surface area contributed by atoms with Crippen LogP contribution < -0.4 is 20.7 Å². The second kappa shape index (κ2) is 11.9. The van der Waals surface area contributed by atoms with Crippen LogP contribution in [-0.2, 0) is 4.74 Å². The molecule has 4 atom stereocenters. The summed E-state index contributed by atoms with van der Waals surface area (Å²) in [5, 5.41) is 14.9. The molecule has 3 aliphatic heterocycles. The number of nitrogens with one attached hydrogen (secondary N) is 1. The molecule has 45 heavy (non-hydrogen) atoms. The Hall–Kier alpha value is -3.70. The first kappa shape index (κ1) is 30.0. The van der Waals surface area contributed by atoms with Crippen LogP contribution in [-0.4, -0.2) is 90.1 Å². The third kappa shape index (κ3) is 5.23. The summed E-state index contributed by atoms with van der Waals surface area (Å²) in [5.41, 5.74) is 6.65. The van der Waals surface area contributed by atoms with E-state index in [9.17, 15) is 9.65 Å². The third-order valence-electron chi connectivity index (χ3n) is 9.50. The predicted molar refractivity (Wildman–Crippen MR) is 171 cm³/mol. The Bertz CT molecular complexity index is 1800. The van der Waals surface area contributed by atoms with Crippen LogP contribution >= 0.6 is 11.3 Å². The number of rotatable bonds is 8. The average molecular weight is 635 g/mol.